The summed E-state index contributed by atoms with van der Waals surface area (Å²) in [5.41, 5.74) is 2.47. The van der Waals surface area contributed by atoms with Gasteiger partial charge in [0.25, 0.3) is 0 Å². The predicted octanol–water partition coefficient (Wildman–Crippen LogP) is 4.14. The third kappa shape index (κ3) is 2.43. The fourth-order valence-corrected chi connectivity index (χ4v) is 3.84. The van der Waals surface area contributed by atoms with Gasteiger partial charge in [-0.05, 0) is 42.5 Å². The van der Waals surface area contributed by atoms with Gasteiger partial charge in [0, 0.05) is 12.2 Å². The van der Waals surface area contributed by atoms with Gasteiger partial charge in [-0.1, -0.05) is 25.7 Å². The maximum atomic E-state index is 4.55. The van der Waals surface area contributed by atoms with E-state index < -0.39 is 0 Å². The molecule has 0 aromatic carbocycles. The van der Waals surface area contributed by atoms with E-state index >= 15 is 0 Å². The molecule has 1 saturated carbocycles. The van der Waals surface area contributed by atoms with Crippen LogP contribution in [0.4, 0.5) is 0 Å². The van der Waals surface area contributed by atoms with Crippen molar-refractivity contribution >= 4 is 21.6 Å². The second-order valence-corrected chi connectivity index (χ2v) is 6.25. The average molecular weight is 260 g/mol. The molecule has 1 aliphatic rings. The summed E-state index contributed by atoms with van der Waals surface area (Å²) in [6.07, 6.45) is 8.96. The van der Waals surface area contributed by atoms with Crippen molar-refractivity contribution in [3.05, 3.63) is 29.3 Å². The zero-order chi connectivity index (χ0) is 12.4. The van der Waals surface area contributed by atoms with E-state index in [1.54, 1.807) is 11.3 Å². The quantitative estimate of drug-likeness (QED) is 0.893. The van der Waals surface area contributed by atoms with Crippen molar-refractivity contribution < 1.29 is 0 Å². The predicted molar refractivity (Wildman–Crippen MR) is 78.0 cm³/mol. The number of thiophene rings is 1. The van der Waals surface area contributed by atoms with Crippen LogP contribution in [0, 0.1) is 5.92 Å². The number of nitrogens with zero attached hydrogens (tertiary/aromatic N) is 1. The highest BCUT2D eigenvalue weighted by Gasteiger charge is 2.20. The van der Waals surface area contributed by atoms with Crippen LogP contribution in [0.5, 0.6) is 0 Å². The van der Waals surface area contributed by atoms with E-state index in [1.165, 1.54) is 42.4 Å². The van der Waals surface area contributed by atoms with Crippen LogP contribution >= 0.6 is 11.3 Å². The smallest absolute Gasteiger partial charge is 0.0809 e. The largest absolute Gasteiger partial charge is 0.313 e. The molecule has 2 aromatic rings. The maximum Gasteiger partial charge on any atom is 0.0809 e. The molecule has 1 aliphatic carbocycles. The van der Waals surface area contributed by atoms with Crippen molar-refractivity contribution in [1.82, 2.24) is 10.3 Å². The standard InChI is InChI=1S/C15H20N2S/c1-16-14(8-11-4-2-3-5-11)12-9-15-13(17-10-12)6-7-18-15/h6-7,9-11,14,16H,2-5,8H2,1H3. The fraction of sp³-hybridized carbons (Fsp3) is 0.533. The van der Waals surface area contributed by atoms with Gasteiger partial charge in [0.1, 0.15) is 0 Å². The Morgan fingerprint density at radius 3 is 3.06 bits per heavy atom. The molecule has 18 heavy (non-hydrogen) atoms. The molecule has 1 N–H and O–H groups in total. The highest BCUT2D eigenvalue weighted by Crippen LogP contribution is 2.33. The minimum Gasteiger partial charge on any atom is -0.313 e. The number of aromatic nitrogens is 1. The summed E-state index contributed by atoms with van der Waals surface area (Å²) >= 11 is 1.78. The number of nitrogens with one attached hydrogen (secondary N) is 1. The zero-order valence-electron chi connectivity index (χ0n) is 10.9. The van der Waals surface area contributed by atoms with Crippen molar-refractivity contribution in [1.29, 1.82) is 0 Å². The Balaban J connectivity index is 1.80. The second-order valence-electron chi connectivity index (χ2n) is 5.30. The van der Waals surface area contributed by atoms with E-state index in [1.807, 2.05) is 6.20 Å². The summed E-state index contributed by atoms with van der Waals surface area (Å²) < 4.78 is 1.30. The van der Waals surface area contributed by atoms with Gasteiger partial charge >= 0.3 is 0 Å². The SMILES string of the molecule is CNC(CC1CCCC1)c1cnc2ccsc2c1. The molecule has 96 valence electrons. The summed E-state index contributed by atoms with van der Waals surface area (Å²) in [6.45, 7) is 0. The summed E-state index contributed by atoms with van der Waals surface area (Å²) in [6, 6.07) is 4.87. The number of fused-ring (bicyclic) bond motifs is 1. The van der Waals surface area contributed by atoms with Gasteiger partial charge in [0.2, 0.25) is 0 Å². The van der Waals surface area contributed by atoms with Gasteiger partial charge in [-0.3, -0.25) is 4.98 Å². The van der Waals surface area contributed by atoms with Gasteiger partial charge < -0.3 is 5.32 Å². The lowest BCUT2D eigenvalue weighted by molar-refractivity contribution is 0.413. The molecule has 0 aliphatic heterocycles. The molecule has 0 radical (unpaired) electrons. The molecule has 1 fully saturated rings. The highest BCUT2D eigenvalue weighted by atomic mass is 32.1. The van der Waals surface area contributed by atoms with E-state index in [-0.39, 0.29) is 0 Å². The van der Waals surface area contributed by atoms with Crippen LogP contribution in [0.1, 0.15) is 43.7 Å². The maximum absolute atomic E-state index is 4.55. The van der Waals surface area contributed by atoms with Gasteiger partial charge in [-0.2, -0.15) is 0 Å². The van der Waals surface area contributed by atoms with E-state index in [2.05, 4.69) is 34.9 Å². The van der Waals surface area contributed by atoms with Crippen LogP contribution in [0.2, 0.25) is 0 Å². The van der Waals surface area contributed by atoms with Crippen LogP contribution in [0.3, 0.4) is 0 Å². The van der Waals surface area contributed by atoms with Crippen LogP contribution < -0.4 is 5.32 Å². The molecule has 0 saturated heterocycles. The summed E-state index contributed by atoms with van der Waals surface area (Å²) in [4.78, 5) is 4.55. The molecule has 3 rings (SSSR count). The number of pyridine rings is 1. The molecule has 2 aromatic heterocycles. The molecule has 3 heteroatoms. The zero-order valence-corrected chi connectivity index (χ0v) is 11.7. The Hall–Kier alpha value is -0.930. The normalized spacial score (nSPS) is 18.5. The lowest BCUT2D eigenvalue weighted by atomic mass is 9.94. The van der Waals surface area contributed by atoms with Gasteiger partial charge in [0.15, 0.2) is 0 Å². The Morgan fingerprint density at radius 2 is 2.28 bits per heavy atom. The molecule has 0 amide bonds. The van der Waals surface area contributed by atoms with E-state index in [0.29, 0.717) is 6.04 Å². The van der Waals surface area contributed by atoms with E-state index in [9.17, 15) is 0 Å². The third-order valence-electron chi connectivity index (χ3n) is 4.12. The van der Waals surface area contributed by atoms with Crippen LogP contribution in [-0.2, 0) is 0 Å². The summed E-state index contributed by atoms with van der Waals surface area (Å²) in [5.74, 6) is 0.904. The first-order chi connectivity index (χ1) is 8.86. The molecule has 1 unspecified atom stereocenters. The van der Waals surface area contributed by atoms with Gasteiger partial charge in [-0.15, -0.1) is 11.3 Å². The summed E-state index contributed by atoms with van der Waals surface area (Å²) in [7, 11) is 2.07. The van der Waals surface area contributed by atoms with E-state index in [4.69, 9.17) is 0 Å². The summed E-state index contributed by atoms with van der Waals surface area (Å²) in [5, 5.41) is 5.58. The van der Waals surface area contributed by atoms with Crippen LogP contribution in [-0.4, -0.2) is 12.0 Å². The second kappa shape index (κ2) is 5.37. The number of rotatable bonds is 4. The lowest BCUT2D eigenvalue weighted by Crippen LogP contribution is -2.19. The van der Waals surface area contributed by atoms with E-state index in [0.717, 1.165) is 11.4 Å². The van der Waals surface area contributed by atoms with Crippen molar-refractivity contribution in [2.24, 2.45) is 5.92 Å². The monoisotopic (exact) mass is 260 g/mol. The topological polar surface area (TPSA) is 24.9 Å². The minimum absolute atomic E-state index is 0.465. The first kappa shape index (κ1) is 12.1. The first-order valence-corrected chi connectivity index (χ1v) is 7.75. The van der Waals surface area contributed by atoms with Crippen LogP contribution in [0.15, 0.2) is 23.7 Å². The van der Waals surface area contributed by atoms with Crippen LogP contribution in [0.25, 0.3) is 10.2 Å². The molecular weight excluding hydrogens is 240 g/mol. The molecule has 2 nitrogen and oxygen atoms in total. The molecule has 0 spiro atoms. The molecule has 1 atom stereocenters. The highest BCUT2D eigenvalue weighted by molar-refractivity contribution is 7.17. The Bertz CT molecular complexity index is 514. The van der Waals surface area contributed by atoms with Gasteiger partial charge in [-0.25, -0.2) is 0 Å². The van der Waals surface area contributed by atoms with Crippen molar-refractivity contribution in [2.45, 2.75) is 38.1 Å². The number of hydrogen-bond donors (Lipinski definition) is 1. The average Bonchev–Trinajstić information content (AvgIpc) is 3.06. The van der Waals surface area contributed by atoms with Crippen molar-refractivity contribution in [3.63, 3.8) is 0 Å². The Morgan fingerprint density at radius 1 is 1.44 bits per heavy atom. The Labute approximate surface area is 112 Å². The lowest BCUT2D eigenvalue weighted by Gasteiger charge is -2.20. The Kier molecular flexibility index (Phi) is 3.62. The number of hydrogen-bond acceptors (Lipinski definition) is 3. The van der Waals surface area contributed by atoms with Crippen molar-refractivity contribution in [3.8, 4) is 0 Å². The van der Waals surface area contributed by atoms with Gasteiger partial charge in [0.05, 0.1) is 10.2 Å². The van der Waals surface area contributed by atoms with Crippen molar-refractivity contribution in [2.75, 3.05) is 7.05 Å². The third-order valence-corrected chi connectivity index (χ3v) is 4.97. The molecule has 0 bridgehead atoms. The minimum atomic E-state index is 0.465. The fourth-order valence-electron chi connectivity index (χ4n) is 3.05. The molecule has 2 heterocycles. The molecular formula is C15H20N2S. The first-order valence-electron chi connectivity index (χ1n) is 6.87.